The largest absolute Gasteiger partial charge is 0.458 e. The minimum absolute atomic E-state index is 0.00368. The molecule has 0 aromatic heterocycles. The predicted molar refractivity (Wildman–Crippen MR) is 368 cm³/mol. The zero-order valence-corrected chi connectivity index (χ0v) is 60.1. The van der Waals surface area contributed by atoms with Gasteiger partial charge in [-0.15, -0.1) is 0 Å². The molecule has 0 aliphatic carbocycles. The van der Waals surface area contributed by atoms with Crippen LogP contribution in [0.1, 0.15) is 136 Å². The fourth-order valence-electron chi connectivity index (χ4n) is 8.84. The van der Waals surface area contributed by atoms with Crippen LogP contribution in [-0.2, 0) is 110 Å². The molecule has 0 aliphatic heterocycles. The molecule has 0 radical (unpaired) electrons. The Morgan fingerprint density at radius 2 is 0.765 bits per heavy atom. The number of hydrogen-bond donors (Lipinski definition) is 6. The highest BCUT2D eigenvalue weighted by atomic mass is 16.6. The molecule has 6 amide bonds. The van der Waals surface area contributed by atoms with Crippen molar-refractivity contribution in [2.45, 2.75) is 162 Å². The molecule has 0 aliphatic rings. The normalized spacial score (nSPS) is 12.2. The third-order valence-corrected chi connectivity index (χ3v) is 13.6. The first-order valence-corrected chi connectivity index (χ1v) is 34.9. The van der Waals surface area contributed by atoms with Crippen molar-refractivity contribution in [2.24, 2.45) is 5.92 Å². The van der Waals surface area contributed by atoms with Crippen LogP contribution in [0.3, 0.4) is 0 Å². The van der Waals surface area contributed by atoms with Crippen molar-refractivity contribution >= 4 is 41.8 Å². The fourth-order valence-corrected chi connectivity index (χ4v) is 8.84. The Morgan fingerprint density at radius 1 is 0.367 bits per heavy atom. The van der Waals surface area contributed by atoms with E-state index in [4.69, 9.17) is 66.3 Å². The molecule has 2 unspecified atom stereocenters. The lowest BCUT2D eigenvalue weighted by molar-refractivity contribution is -0.159. The summed E-state index contributed by atoms with van der Waals surface area (Å²) >= 11 is 0. The number of benzene rings is 2. The lowest BCUT2D eigenvalue weighted by atomic mass is 10.00. The van der Waals surface area contributed by atoms with Crippen LogP contribution in [0.4, 0.5) is 9.59 Å². The maximum Gasteiger partial charge on any atom is 0.407 e. The fraction of sp³-hybridized carbons (Fsp3) is 0.732. The highest BCUT2D eigenvalue weighted by Gasteiger charge is 2.27. The maximum atomic E-state index is 13.2. The Bertz CT molecular complexity index is 2380. The van der Waals surface area contributed by atoms with Crippen LogP contribution in [0.15, 0.2) is 54.6 Å². The first kappa shape index (κ1) is 88.0. The number of nitrogens with one attached hydrogen (secondary N) is 6. The Morgan fingerprint density at radius 3 is 1.22 bits per heavy atom. The molecular weight excluding hydrogens is 1270 g/mol. The van der Waals surface area contributed by atoms with Crippen LogP contribution in [0.2, 0.25) is 0 Å². The lowest BCUT2D eigenvalue weighted by Gasteiger charge is -2.24. The summed E-state index contributed by atoms with van der Waals surface area (Å²) in [7, 11) is 0. The minimum Gasteiger partial charge on any atom is -0.458 e. The predicted octanol–water partition coefficient (Wildman–Crippen LogP) is 6.51. The van der Waals surface area contributed by atoms with Crippen LogP contribution >= 0.6 is 0 Å². The molecule has 27 nitrogen and oxygen atoms in total. The first-order valence-electron chi connectivity index (χ1n) is 34.9. The van der Waals surface area contributed by atoms with E-state index in [-0.39, 0.29) is 76.0 Å². The molecule has 0 bridgehead atoms. The van der Waals surface area contributed by atoms with Gasteiger partial charge in [0.15, 0.2) is 0 Å². The van der Waals surface area contributed by atoms with Crippen molar-refractivity contribution < 1.29 is 99.9 Å². The second-order valence-corrected chi connectivity index (χ2v) is 25.3. The number of rotatable bonds is 61. The van der Waals surface area contributed by atoms with Gasteiger partial charge in [0.2, 0.25) is 23.6 Å². The molecule has 98 heavy (non-hydrogen) atoms. The van der Waals surface area contributed by atoms with Gasteiger partial charge in [-0.2, -0.15) is 0 Å². The highest BCUT2D eigenvalue weighted by Crippen LogP contribution is 2.14. The van der Waals surface area contributed by atoms with E-state index in [0.717, 1.165) is 24.8 Å². The van der Waals surface area contributed by atoms with Gasteiger partial charge in [0, 0.05) is 45.4 Å². The summed E-state index contributed by atoms with van der Waals surface area (Å²) in [6, 6.07) is 16.4. The van der Waals surface area contributed by atoms with Gasteiger partial charge in [-0.05, 0) is 122 Å². The van der Waals surface area contributed by atoms with E-state index in [9.17, 15) is 33.6 Å². The molecule has 560 valence electrons. The van der Waals surface area contributed by atoms with Crippen molar-refractivity contribution in [1.82, 2.24) is 31.9 Å². The van der Waals surface area contributed by atoms with Crippen LogP contribution in [-0.4, -0.2) is 237 Å². The van der Waals surface area contributed by atoms with Gasteiger partial charge in [0.05, 0.1) is 145 Å². The average Bonchev–Trinajstić information content (AvgIpc) is 1.13. The third kappa shape index (κ3) is 54.8. The second-order valence-electron chi connectivity index (χ2n) is 25.3. The summed E-state index contributed by atoms with van der Waals surface area (Å²) in [5.41, 5.74) is 2.12. The molecule has 2 rings (SSSR count). The topological polar surface area (TPSA) is 321 Å². The van der Waals surface area contributed by atoms with Gasteiger partial charge in [0.25, 0.3) is 0 Å². The standard InChI is InChI=1S/C71H120N6O21/c1-57(2)55-59-25-23-58(24-26-59)19-16-22-63(78)72-29-14-13-21-62(67(82)97-70(3,4)5)77-65(80)28-34-86-38-42-90-45-47-92-49-51-94-53-54-95-52-50-93-48-46-91-43-39-87-35-31-73-66(81)61(20-12-15-30-74-69(84)98-71(6,7)8)76-64(79)27-33-85-37-41-89-44-40-88-36-32-75-68(83)96-56-60-17-10-9-11-18-60/h9-11,17-18,23-26,57,61-62H,12-16,19-22,27-56H2,1-8H3,(H,72,78)(H,73,81)(H,74,84)(H,75,83)(H,76,79)(H,77,80). The van der Waals surface area contributed by atoms with E-state index in [0.29, 0.717) is 189 Å². The molecule has 2 aromatic carbocycles. The van der Waals surface area contributed by atoms with E-state index in [2.05, 4.69) is 70.0 Å². The van der Waals surface area contributed by atoms with Crippen molar-refractivity contribution in [3.63, 3.8) is 0 Å². The summed E-state index contributed by atoms with van der Waals surface area (Å²) in [4.78, 5) is 88.1. The Labute approximate surface area is 582 Å². The van der Waals surface area contributed by atoms with E-state index >= 15 is 0 Å². The number of aryl methyl sites for hydroxylation is 1. The summed E-state index contributed by atoms with van der Waals surface area (Å²) in [6.45, 7) is 23.8. The van der Waals surface area contributed by atoms with E-state index < -0.39 is 41.4 Å². The molecule has 27 heteroatoms. The zero-order chi connectivity index (χ0) is 71.6. The van der Waals surface area contributed by atoms with Gasteiger partial charge in [-0.1, -0.05) is 68.4 Å². The Balaban J connectivity index is 1.42. The first-order chi connectivity index (χ1) is 47.2. The van der Waals surface area contributed by atoms with Crippen LogP contribution in [0, 0.1) is 5.92 Å². The summed E-state index contributed by atoms with van der Waals surface area (Å²) < 4.78 is 77.1. The van der Waals surface area contributed by atoms with Crippen LogP contribution in [0.25, 0.3) is 0 Å². The average molecular weight is 1390 g/mol. The molecule has 6 N–H and O–H groups in total. The number of esters is 1. The Hall–Kier alpha value is -6.11. The maximum absolute atomic E-state index is 13.2. The van der Waals surface area contributed by atoms with Gasteiger partial charge in [-0.25, -0.2) is 14.4 Å². The number of ether oxygens (including phenoxy) is 14. The monoisotopic (exact) mass is 1390 g/mol. The number of amides is 6. The Kier molecular flexibility index (Phi) is 51.7. The van der Waals surface area contributed by atoms with Crippen molar-refractivity contribution in [1.29, 1.82) is 0 Å². The minimum atomic E-state index is -0.810. The SMILES string of the molecule is CC(C)Cc1ccc(CCCC(=O)NCCCCC(NC(=O)CCOCCOCCOCCOCCOCCOCCOCCOCCNC(=O)C(CCCCNC(=O)OC(C)(C)C)NC(=O)CCOCCOCCOCCNC(=O)OCc2ccccc2)C(=O)OC(C)(C)C)cc1. The second kappa shape index (κ2) is 57.6. The van der Waals surface area contributed by atoms with Gasteiger partial charge in [0.1, 0.15) is 29.9 Å². The van der Waals surface area contributed by atoms with Crippen molar-refractivity contribution in [2.75, 3.05) is 172 Å². The molecule has 0 saturated heterocycles. The molecular formula is C71H120N6O21. The molecule has 0 heterocycles. The molecule has 2 aromatic rings. The molecule has 0 saturated carbocycles. The molecule has 2 atom stereocenters. The smallest absolute Gasteiger partial charge is 0.407 e. The van der Waals surface area contributed by atoms with Crippen LogP contribution in [0.5, 0.6) is 0 Å². The highest BCUT2D eigenvalue weighted by molar-refractivity contribution is 5.87. The van der Waals surface area contributed by atoms with E-state index in [1.807, 2.05) is 30.3 Å². The van der Waals surface area contributed by atoms with E-state index in [1.54, 1.807) is 41.5 Å². The number of alkyl carbamates (subject to hydrolysis) is 2. The van der Waals surface area contributed by atoms with Gasteiger partial charge >= 0.3 is 18.2 Å². The molecule has 0 fully saturated rings. The van der Waals surface area contributed by atoms with Crippen LogP contribution < -0.4 is 31.9 Å². The van der Waals surface area contributed by atoms with Gasteiger partial charge in [-0.3, -0.25) is 19.2 Å². The number of carbonyl (C=O) groups is 7. The summed E-state index contributed by atoms with van der Waals surface area (Å²) in [6.07, 6.45) is 5.28. The number of carbonyl (C=O) groups excluding carboxylic acids is 7. The van der Waals surface area contributed by atoms with Crippen molar-refractivity contribution in [3.8, 4) is 0 Å². The summed E-state index contributed by atoms with van der Waals surface area (Å²) in [5, 5.41) is 16.7. The third-order valence-electron chi connectivity index (χ3n) is 13.6. The molecule has 0 spiro atoms. The van der Waals surface area contributed by atoms with Gasteiger partial charge < -0.3 is 98.2 Å². The summed E-state index contributed by atoms with van der Waals surface area (Å²) in [5.74, 6) is -0.903. The number of unbranched alkanes of at least 4 members (excludes halogenated alkanes) is 2. The quantitative estimate of drug-likeness (QED) is 0.0234. The zero-order valence-electron chi connectivity index (χ0n) is 60.1. The van der Waals surface area contributed by atoms with Crippen molar-refractivity contribution in [3.05, 3.63) is 71.3 Å². The number of hydrogen-bond acceptors (Lipinski definition) is 21. The van der Waals surface area contributed by atoms with E-state index in [1.165, 1.54) is 11.1 Å². The lowest BCUT2D eigenvalue weighted by Crippen LogP contribution is -2.47.